The number of nitrogens with one attached hydrogen (secondary N) is 2. The molecule has 1 fully saturated rings. The lowest BCUT2D eigenvalue weighted by molar-refractivity contribution is 0.390. The molecule has 0 bridgehead atoms. The monoisotopic (exact) mass is 467 g/mol. The second kappa shape index (κ2) is 8.01. The number of hydrogen-bond acceptors (Lipinski definition) is 6. The number of benzene rings is 2. The normalized spacial score (nSPS) is 14.8. The Bertz CT molecular complexity index is 1410. The van der Waals surface area contributed by atoms with Crippen LogP contribution in [0, 0.1) is 0 Å². The molecule has 0 spiro atoms. The molecule has 0 atom stereocenters. The molecule has 0 amide bonds. The maximum Gasteiger partial charge on any atom is 0.238 e. The first-order valence-electron chi connectivity index (χ1n) is 10.1. The van der Waals surface area contributed by atoms with Crippen LogP contribution in [0.2, 0.25) is 0 Å². The molecule has 1 saturated heterocycles. The van der Waals surface area contributed by atoms with Gasteiger partial charge in [0.1, 0.15) is 17.8 Å². The molecule has 1 aliphatic rings. The third-order valence-corrected chi connectivity index (χ3v) is 6.87. The third kappa shape index (κ3) is 3.85. The Morgan fingerprint density at radius 1 is 1.03 bits per heavy atom. The second-order valence-corrected chi connectivity index (χ2v) is 9.51. The van der Waals surface area contributed by atoms with E-state index in [0.29, 0.717) is 10.8 Å². The van der Waals surface area contributed by atoms with Crippen molar-refractivity contribution in [3.8, 4) is 0 Å². The van der Waals surface area contributed by atoms with Gasteiger partial charge in [-0.1, -0.05) is 18.2 Å². The van der Waals surface area contributed by atoms with Crippen LogP contribution in [-0.4, -0.2) is 59.6 Å². The molecule has 4 aromatic rings. The van der Waals surface area contributed by atoms with Crippen LogP contribution in [0.3, 0.4) is 0 Å². The Morgan fingerprint density at radius 2 is 1.75 bits per heavy atom. The SMILES string of the molecule is NS(=O)(=O)c1ccc(NC(=S)N2CCN(c3ncnc4[nH]c5ccccc5c34)CC2)cc1. The van der Waals surface area contributed by atoms with Crippen LogP contribution in [0.5, 0.6) is 0 Å². The number of nitrogens with zero attached hydrogens (tertiary/aromatic N) is 4. The number of fused-ring (bicyclic) bond motifs is 3. The molecule has 3 heterocycles. The van der Waals surface area contributed by atoms with Gasteiger partial charge in [0.2, 0.25) is 10.0 Å². The molecular weight excluding hydrogens is 446 g/mol. The molecule has 0 saturated carbocycles. The van der Waals surface area contributed by atoms with Gasteiger partial charge >= 0.3 is 0 Å². The van der Waals surface area contributed by atoms with Gasteiger partial charge < -0.3 is 20.1 Å². The van der Waals surface area contributed by atoms with Gasteiger partial charge in [-0.2, -0.15) is 0 Å². The van der Waals surface area contributed by atoms with Crippen LogP contribution in [0.4, 0.5) is 11.5 Å². The highest BCUT2D eigenvalue weighted by Gasteiger charge is 2.23. The molecule has 164 valence electrons. The minimum absolute atomic E-state index is 0.0658. The van der Waals surface area contributed by atoms with Gasteiger partial charge in [0.25, 0.3) is 0 Å². The average molecular weight is 468 g/mol. The van der Waals surface area contributed by atoms with Crippen molar-refractivity contribution in [2.24, 2.45) is 5.14 Å². The number of aromatic nitrogens is 3. The van der Waals surface area contributed by atoms with Crippen molar-refractivity contribution in [2.75, 3.05) is 36.4 Å². The van der Waals surface area contributed by atoms with Crippen LogP contribution < -0.4 is 15.4 Å². The van der Waals surface area contributed by atoms with E-state index >= 15 is 0 Å². The summed E-state index contributed by atoms with van der Waals surface area (Å²) in [7, 11) is -3.72. The molecule has 0 radical (unpaired) electrons. The van der Waals surface area contributed by atoms with E-state index in [1.807, 2.05) is 18.2 Å². The van der Waals surface area contributed by atoms with E-state index in [1.54, 1.807) is 18.5 Å². The first kappa shape index (κ1) is 20.6. The van der Waals surface area contributed by atoms with Crippen LogP contribution in [0.1, 0.15) is 0 Å². The predicted molar refractivity (Wildman–Crippen MR) is 129 cm³/mol. The molecule has 9 nitrogen and oxygen atoms in total. The fourth-order valence-corrected chi connectivity index (χ4v) is 4.76. The van der Waals surface area contributed by atoms with Gasteiger partial charge in [-0.15, -0.1) is 0 Å². The average Bonchev–Trinajstić information content (AvgIpc) is 3.18. The fraction of sp³-hybridized carbons (Fsp3) is 0.190. The quantitative estimate of drug-likeness (QED) is 0.393. The van der Waals surface area contributed by atoms with Crippen LogP contribution in [0.25, 0.3) is 21.9 Å². The highest BCUT2D eigenvalue weighted by Crippen LogP contribution is 2.31. The van der Waals surface area contributed by atoms with Crippen molar-refractivity contribution in [1.29, 1.82) is 0 Å². The maximum atomic E-state index is 11.4. The Hall–Kier alpha value is -3.28. The van der Waals surface area contributed by atoms with E-state index in [0.717, 1.165) is 53.9 Å². The van der Waals surface area contributed by atoms with Gasteiger partial charge in [-0.25, -0.2) is 23.5 Å². The van der Waals surface area contributed by atoms with E-state index < -0.39 is 10.0 Å². The summed E-state index contributed by atoms with van der Waals surface area (Å²) in [4.78, 5) is 16.8. The minimum atomic E-state index is -3.72. The number of para-hydroxylation sites is 1. The summed E-state index contributed by atoms with van der Waals surface area (Å²) in [6, 6.07) is 14.4. The largest absolute Gasteiger partial charge is 0.352 e. The van der Waals surface area contributed by atoms with Gasteiger partial charge in [0, 0.05) is 42.8 Å². The van der Waals surface area contributed by atoms with Crippen LogP contribution >= 0.6 is 12.2 Å². The zero-order chi connectivity index (χ0) is 22.3. The van der Waals surface area contributed by atoms with Crippen molar-refractivity contribution < 1.29 is 8.42 Å². The lowest BCUT2D eigenvalue weighted by Gasteiger charge is -2.37. The van der Waals surface area contributed by atoms with Crippen molar-refractivity contribution in [2.45, 2.75) is 4.90 Å². The first-order valence-corrected chi connectivity index (χ1v) is 12.0. The van der Waals surface area contributed by atoms with Gasteiger partial charge in [0.15, 0.2) is 5.11 Å². The summed E-state index contributed by atoms with van der Waals surface area (Å²) in [5, 5.41) is 11.1. The van der Waals surface area contributed by atoms with Crippen molar-refractivity contribution in [3.05, 3.63) is 54.9 Å². The van der Waals surface area contributed by atoms with Gasteiger partial charge in [0.05, 0.1) is 10.3 Å². The zero-order valence-corrected chi connectivity index (χ0v) is 18.7. The number of thiocarbonyl (C=S) groups is 1. The number of rotatable bonds is 3. The van der Waals surface area contributed by atoms with Gasteiger partial charge in [-0.3, -0.25) is 0 Å². The van der Waals surface area contributed by atoms with E-state index in [-0.39, 0.29) is 4.90 Å². The summed E-state index contributed by atoms with van der Waals surface area (Å²) >= 11 is 5.57. The molecule has 11 heteroatoms. The lowest BCUT2D eigenvalue weighted by atomic mass is 10.2. The number of H-pyrrole nitrogens is 1. The number of hydrogen-bond donors (Lipinski definition) is 3. The summed E-state index contributed by atoms with van der Waals surface area (Å²) in [6.45, 7) is 2.99. The molecule has 1 aliphatic heterocycles. The van der Waals surface area contributed by atoms with Gasteiger partial charge in [-0.05, 0) is 42.5 Å². The molecule has 2 aromatic carbocycles. The summed E-state index contributed by atoms with van der Waals surface area (Å²) in [5.41, 5.74) is 2.58. The predicted octanol–water partition coefficient (Wildman–Crippen LogP) is 2.28. The third-order valence-electron chi connectivity index (χ3n) is 5.58. The van der Waals surface area contributed by atoms with Crippen molar-refractivity contribution >= 4 is 60.8 Å². The summed E-state index contributed by atoms with van der Waals surface area (Å²) < 4.78 is 22.8. The minimum Gasteiger partial charge on any atom is -0.352 e. The Morgan fingerprint density at radius 3 is 2.47 bits per heavy atom. The molecule has 2 aromatic heterocycles. The number of sulfonamides is 1. The van der Waals surface area contributed by atoms with E-state index in [1.165, 1.54) is 12.1 Å². The smallest absolute Gasteiger partial charge is 0.238 e. The maximum absolute atomic E-state index is 11.4. The van der Waals surface area contributed by atoms with E-state index in [2.05, 4.69) is 36.1 Å². The molecule has 0 aliphatic carbocycles. The number of nitrogens with two attached hydrogens (primary N) is 1. The highest BCUT2D eigenvalue weighted by atomic mass is 32.2. The lowest BCUT2D eigenvalue weighted by Crippen LogP contribution is -2.50. The topological polar surface area (TPSA) is 120 Å². The van der Waals surface area contributed by atoms with Crippen LogP contribution in [0.15, 0.2) is 59.8 Å². The summed E-state index contributed by atoms with van der Waals surface area (Å²) in [6.07, 6.45) is 1.59. The van der Waals surface area contributed by atoms with Crippen molar-refractivity contribution in [3.63, 3.8) is 0 Å². The number of piperazine rings is 1. The molecule has 4 N–H and O–H groups in total. The Balaban J connectivity index is 1.29. The standard InChI is InChI=1S/C21H21N7O2S2/c22-32(29,30)15-7-5-14(6-8-15)25-21(31)28-11-9-27(10-12-28)20-18-16-3-1-2-4-17(16)26-19(18)23-13-24-20/h1-8,13H,9-12H2,(H,25,31)(H2,22,29,30)(H,23,24,26). The molecular formula is C21H21N7O2S2. The zero-order valence-electron chi connectivity index (χ0n) is 17.0. The molecule has 5 rings (SSSR count). The Kier molecular flexibility index (Phi) is 5.16. The Labute approximate surface area is 190 Å². The van der Waals surface area contributed by atoms with E-state index in [4.69, 9.17) is 17.4 Å². The van der Waals surface area contributed by atoms with E-state index in [9.17, 15) is 8.42 Å². The molecule has 0 unspecified atom stereocenters. The number of aromatic amines is 1. The number of primary sulfonamides is 1. The number of anilines is 2. The second-order valence-electron chi connectivity index (χ2n) is 7.57. The molecule has 32 heavy (non-hydrogen) atoms. The first-order chi connectivity index (χ1) is 15.4. The fourth-order valence-electron chi connectivity index (χ4n) is 3.95. The summed E-state index contributed by atoms with van der Waals surface area (Å²) in [5.74, 6) is 0.921. The highest BCUT2D eigenvalue weighted by molar-refractivity contribution is 7.89. The van der Waals surface area contributed by atoms with Crippen LogP contribution in [-0.2, 0) is 10.0 Å². The van der Waals surface area contributed by atoms with Crippen molar-refractivity contribution in [1.82, 2.24) is 19.9 Å².